The van der Waals surface area contributed by atoms with Crippen LogP contribution in [0.3, 0.4) is 0 Å². The molecule has 0 bridgehead atoms. The maximum Gasteiger partial charge on any atom is 1.00 e. The van der Waals surface area contributed by atoms with Crippen LogP contribution < -0.4 is 29.3 Å². The Morgan fingerprint density at radius 1 is 0.974 bits per heavy atom. The summed E-state index contributed by atoms with van der Waals surface area (Å²) >= 11 is 1.53. The van der Waals surface area contributed by atoms with Gasteiger partial charge >= 0.3 is 18.9 Å². The molecule has 0 aliphatic heterocycles. The van der Waals surface area contributed by atoms with E-state index in [1.54, 1.807) is 0 Å². The van der Waals surface area contributed by atoms with Gasteiger partial charge in [-0.2, -0.15) is 11.8 Å². The number of likely N-dealkylation sites (N-methyl/N-ethyl adjacent to an activating group) is 1. The number of amides is 1. The Balaban J connectivity index is 0.00000507. The summed E-state index contributed by atoms with van der Waals surface area (Å²) in [6.07, 6.45) is 3.13. The molecule has 0 aliphatic rings. The van der Waals surface area contributed by atoms with E-state index in [-0.39, 0.29) is 24.4 Å². The van der Waals surface area contributed by atoms with Gasteiger partial charge in [0, 0.05) is 17.6 Å². The number of hydrogen-bond acceptors (Lipinski definition) is 5. The monoisotopic (exact) mass is 524 g/mol. The van der Waals surface area contributed by atoms with Crippen LogP contribution in [-0.4, -0.2) is 47.4 Å². The Morgan fingerprint density at radius 3 is 2.26 bits per heavy atom. The van der Waals surface area contributed by atoms with Crippen molar-refractivity contribution in [2.75, 3.05) is 19.1 Å². The molecule has 3 aromatic rings. The first-order valence-electron chi connectivity index (χ1n) is 12.6. The van der Waals surface area contributed by atoms with Crippen LogP contribution in [0.4, 0.5) is 0 Å². The minimum absolute atomic E-state index is 0. The number of aryl methyl sites for hydroxylation is 1. The van der Waals surface area contributed by atoms with Crippen LogP contribution >= 0.6 is 11.8 Å². The number of thioether (sulfide) groups is 1. The molecule has 0 unspecified atom stereocenters. The summed E-state index contributed by atoms with van der Waals surface area (Å²) in [6.45, 7) is 7.19. The standard InChI is InChI=1S/C31H38N2O3S.Li/c1-22-11-9-10-14-25(22)27-19-24(21-33(4)31(2,3)20-23-12-7-6-8-13-23)15-16-26(27)29(34)32-28(30(35)36)17-18-37-5;/h6-16,19,28H,17-18,20-21H2,1-5H3,(H,32,34)(H,35,36);/q;+1/p-1/t28-;/m0./s1. The maximum atomic E-state index is 13.3. The van der Waals surface area contributed by atoms with E-state index in [9.17, 15) is 14.7 Å². The van der Waals surface area contributed by atoms with Gasteiger partial charge in [0.15, 0.2) is 0 Å². The van der Waals surface area contributed by atoms with E-state index in [1.807, 2.05) is 55.6 Å². The van der Waals surface area contributed by atoms with Crippen LogP contribution in [0.15, 0.2) is 72.8 Å². The van der Waals surface area contributed by atoms with Crippen molar-refractivity contribution in [2.45, 2.75) is 51.7 Å². The first-order valence-corrected chi connectivity index (χ1v) is 14.0. The number of nitrogens with zero attached hydrogens (tertiary/aromatic N) is 1. The second-order valence-corrected chi connectivity index (χ2v) is 11.1. The second-order valence-electron chi connectivity index (χ2n) is 10.2. The Bertz CT molecular complexity index is 1220. The van der Waals surface area contributed by atoms with Gasteiger partial charge in [-0.1, -0.05) is 60.7 Å². The molecular weight excluding hydrogens is 487 g/mol. The number of aliphatic carboxylic acids is 1. The molecule has 5 nitrogen and oxygen atoms in total. The number of carbonyl (C=O) groups excluding carboxylic acids is 2. The molecule has 0 aromatic heterocycles. The molecule has 0 heterocycles. The molecule has 196 valence electrons. The quantitative estimate of drug-likeness (QED) is 0.366. The van der Waals surface area contributed by atoms with Crippen molar-refractivity contribution >= 4 is 23.6 Å². The summed E-state index contributed by atoms with van der Waals surface area (Å²) in [7, 11) is 2.12. The Labute approximate surface area is 243 Å². The van der Waals surface area contributed by atoms with E-state index in [2.05, 4.69) is 61.4 Å². The molecule has 0 aliphatic carbocycles. The molecule has 0 radical (unpaired) electrons. The van der Waals surface area contributed by atoms with Crippen molar-refractivity contribution < 1.29 is 33.6 Å². The van der Waals surface area contributed by atoms with Crippen LogP contribution in [0.5, 0.6) is 0 Å². The fourth-order valence-corrected chi connectivity index (χ4v) is 4.90. The summed E-state index contributed by atoms with van der Waals surface area (Å²) in [5.74, 6) is -1.05. The van der Waals surface area contributed by atoms with E-state index in [1.165, 1.54) is 17.3 Å². The third-order valence-corrected chi connectivity index (χ3v) is 7.54. The van der Waals surface area contributed by atoms with Gasteiger partial charge in [0.25, 0.3) is 5.91 Å². The zero-order valence-corrected chi connectivity index (χ0v) is 24.2. The molecule has 0 fully saturated rings. The normalized spacial score (nSPS) is 12.1. The van der Waals surface area contributed by atoms with Gasteiger partial charge in [-0.3, -0.25) is 9.69 Å². The van der Waals surface area contributed by atoms with Crippen LogP contribution in [0, 0.1) is 6.92 Å². The fraction of sp³-hybridized carbons (Fsp3) is 0.355. The van der Waals surface area contributed by atoms with Crippen molar-refractivity contribution in [1.29, 1.82) is 0 Å². The molecule has 7 heteroatoms. The molecule has 0 saturated carbocycles. The van der Waals surface area contributed by atoms with E-state index in [4.69, 9.17) is 0 Å². The number of hydrogen-bond donors (Lipinski definition) is 1. The molecular formula is C31H37LiN2O3S. The SMILES string of the molecule is CSCC[C@H](NC(=O)c1ccc(CN(C)C(C)(C)Cc2ccccc2)cc1-c1ccccc1C)C(=O)[O-].[Li+]. The molecule has 0 spiro atoms. The predicted molar refractivity (Wildman–Crippen MR) is 152 cm³/mol. The minimum atomic E-state index is -1.27. The van der Waals surface area contributed by atoms with Gasteiger partial charge in [0.2, 0.25) is 0 Å². The van der Waals surface area contributed by atoms with Crippen molar-refractivity contribution in [1.82, 2.24) is 10.2 Å². The van der Waals surface area contributed by atoms with Crippen LogP contribution in [0.25, 0.3) is 11.1 Å². The number of carbonyl (C=O) groups is 2. The third-order valence-electron chi connectivity index (χ3n) is 6.90. The van der Waals surface area contributed by atoms with Gasteiger partial charge in [-0.15, -0.1) is 0 Å². The molecule has 1 atom stereocenters. The van der Waals surface area contributed by atoms with Gasteiger partial charge in [-0.05, 0) is 92.6 Å². The number of carboxylic acid groups (broad SMARTS) is 1. The summed E-state index contributed by atoms with van der Waals surface area (Å²) < 4.78 is 0. The first kappa shape index (κ1) is 31.7. The summed E-state index contributed by atoms with van der Waals surface area (Å²) in [4.78, 5) is 27.3. The second kappa shape index (κ2) is 14.6. The number of benzene rings is 3. The zero-order valence-electron chi connectivity index (χ0n) is 23.4. The number of nitrogens with one attached hydrogen (secondary N) is 1. The van der Waals surface area contributed by atoms with E-state index < -0.39 is 17.9 Å². The van der Waals surface area contributed by atoms with Crippen LogP contribution in [-0.2, 0) is 17.8 Å². The Morgan fingerprint density at radius 2 is 1.63 bits per heavy atom. The van der Waals surface area contributed by atoms with Crippen molar-refractivity contribution in [3.63, 3.8) is 0 Å². The smallest absolute Gasteiger partial charge is 0.548 e. The van der Waals surface area contributed by atoms with E-state index in [0.717, 1.165) is 28.7 Å². The largest absolute Gasteiger partial charge is 1.00 e. The predicted octanol–water partition coefficient (Wildman–Crippen LogP) is 1.72. The average molecular weight is 525 g/mol. The van der Waals surface area contributed by atoms with Crippen LogP contribution in [0.2, 0.25) is 0 Å². The van der Waals surface area contributed by atoms with Crippen molar-refractivity contribution in [2.24, 2.45) is 0 Å². The van der Waals surface area contributed by atoms with Gasteiger partial charge in [0.1, 0.15) is 0 Å². The topological polar surface area (TPSA) is 72.5 Å². The molecule has 3 rings (SSSR count). The zero-order chi connectivity index (χ0) is 27.0. The maximum absolute atomic E-state index is 13.3. The first-order chi connectivity index (χ1) is 17.6. The minimum Gasteiger partial charge on any atom is -0.548 e. The summed E-state index contributed by atoms with van der Waals surface area (Å²) in [5, 5.41) is 14.3. The fourth-order valence-electron chi connectivity index (χ4n) is 4.42. The van der Waals surface area contributed by atoms with Crippen LogP contribution in [0.1, 0.15) is 47.3 Å². The molecule has 38 heavy (non-hydrogen) atoms. The molecule has 1 amide bonds. The average Bonchev–Trinajstić information content (AvgIpc) is 2.86. The molecule has 1 N–H and O–H groups in total. The number of carboxylic acids is 1. The number of rotatable bonds is 12. The Kier molecular flexibility index (Phi) is 12.2. The van der Waals surface area contributed by atoms with Crippen molar-refractivity contribution in [3.05, 3.63) is 95.1 Å². The van der Waals surface area contributed by atoms with E-state index >= 15 is 0 Å². The Hall–Kier alpha value is -2.49. The molecule has 0 saturated heterocycles. The summed E-state index contributed by atoms with van der Waals surface area (Å²) in [5.41, 5.74) is 5.54. The molecule has 3 aromatic carbocycles. The van der Waals surface area contributed by atoms with Gasteiger partial charge < -0.3 is 15.2 Å². The van der Waals surface area contributed by atoms with Gasteiger partial charge in [-0.25, -0.2) is 0 Å². The van der Waals surface area contributed by atoms with Gasteiger partial charge in [0.05, 0.1) is 12.0 Å². The van der Waals surface area contributed by atoms with E-state index in [0.29, 0.717) is 24.3 Å². The summed E-state index contributed by atoms with van der Waals surface area (Å²) in [6, 6.07) is 23.2. The van der Waals surface area contributed by atoms with Crippen molar-refractivity contribution in [3.8, 4) is 11.1 Å². The third kappa shape index (κ3) is 8.51.